The molecule has 0 amide bonds. The Balaban J connectivity index is 0.00000144. The molecule has 64 valence electrons. The standard InChI is InChI=1S/C7H6O4S.Na/c8-6(9)3-7(10)11-5-1-2-12-4-5;/h1-2,4H,3H2,(H,8,9);/q;+1/p-1. The van der Waals surface area contributed by atoms with E-state index in [9.17, 15) is 14.7 Å². The predicted molar refractivity (Wildman–Crippen MR) is 39.6 cm³/mol. The maximum atomic E-state index is 10.7. The molecule has 6 heteroatoms. The monoisotopic (exact) mass is 208 g/mol. The van der Waals surface area contributed by atoms with Crippen molar-refractivity contribution >= 4 is 23.3 Å². The molecule has 0 aromatic carbocycles. The zero-order valence-electron chi connectivity index (χ0n) is 6.98. The Morgan fingerprint density at radius 3 is 2.69 bits per heavy atom. The molecule has 0 fully saturated rings. The fourth-order valence-electron chi connectivity index (χ4n) is 0.595. The second kappa shape index (κ2) is 6.15. The number of carbonyl (C=O) groups is 2. The van der Waals surface area contributed by atoms with Gasteiger partial charge in [0, 0.05) is 5.38 Å². The van der Waals surface area contributed by atoms with Crippen LogP contribution in [0.15, 0.2) is 16.8 Å². The SMILES string of the molecule is O=C([O-])CC(=O)Oc1ccsc1.[Na+]. The van der Waals surface area contributed by atoms with Crippen molar-refractivity contribution in [2.45, 2.75) is 6.42 Å². The summed E-state index contributed by atoms with van der Waals surface area (Å²) < 4.78 is 4.62. The number of esters is 1. The van der Waals surface area contributed by atoms with Crippen molar-refractivity contribution in [1.29, 1.82) is 0 Å². The normalized spacial score (nSPS) is 8.62. The van der Waals surface area contributed by atoms with E-state index in [1.54, 1.807) is 16.8 Å². The van der Waals surface area contributed by atoms with Gasteiger partial charge in [-0.25, -0.2) is 0 Å². The van der Waals surface area contributed by atoms with Crippen molar-refractivity contribution in [3.63, 3.8) is 0 Å². The number of aliphatic carboxylic acids is 1. The van der Waals surface area contributed by atoms with Gasteiger partial charge in [-0.3, -0.25) is 4.79 Å². The predicted octanol–water partition coefficient (Wildman–Crippen LogP) is -3.20. The summed E-state index contributed by atoms with van der Waals surface area (Å²) in [6.45, 7) is 0. The number of carboxylic acids is 1. The van der Waals surface area contributed by atoms with Crippen LogP contribution < -0.4 is 39.4 Å². The molecule has 1 aromatic heterocycles. The number of carbonyl (C=O) groups excluding carboxylic acids is 2. The molecule has 0 saturated heterocycles. The number of rotatable bonds is 3. The summed E-state index contributed by atoms with van der Waals surface area (Å²) in [7, 11) is 0. The maximum Gasteiger partial charge on any atom is 1.00 e. The van der Waals surface area contributed by atoms with E-state index in [-0.39, 0.29) is 29.6 Å². The quantitative estimate of drug-likeness (QED) is 0.298. The average Bonchev–Trinajstić information content (AvgIpc) is 2.37. The number of hydrogen-bond acceptors (Lipinski definition) is 5. The van der Waals surface area contributed by atoms with Crippen LogP contribution in [0.2, 0.25) is 0 Å². The zero-order chi connectivity index (χ0) is 8.97. The Morgan fingerprint density at radius 2 is 2.23 bits per heavy atom. The minimum absolute atomic E-state index is 0. The minimum Gasteiger partial charge on any atom is -0.550 e. The largest absolute Gasteiger partial charge is 1.00 e. The van der Waals surface area contributed by atoms with Gasteiger partial charge >= 0.3 is 35.5 Å². The molecule has 13 heavy (non-hydrogen) atoms. The molecule has 0 unspecified atom stereocenters. The molecule has 0 aliphatic rings. The third-order valence-corrected chi connectivity index (χ3v) is 1.68. The summed E-state index contributed by atoms with van der Waals surface area (Å²) in [6, 6.07) is 1.58. The summed E-state index contributed by atoms with van der Waals surface area (Å²) >= 11 is 1.36. The van der Waals surface area contributed by atoms with Crippen molar-refractivity contribution in [2.75, 3.05) is 0 Å². The van der Waals surface area contributed by atoms with E-state index >= 15 is 0 Å². The van der Waals surface area contributed by atoms with Crippen LogP contribution in [0.5, 0.6) is 5.75 Å². The van der Waals surface area contributed by atoms with Crippen molar-refractivity contribution in [3.05, 3.63) is 16.8 Å². The van der Waals surface area contributed by atoms with E-state index in [1.165, 1.54) is 11.3 Å². The van der Waals surface area contributed by atoms with Crippen LogP contribution in [0.4, 0.5) is 0 Å². The molecular formula is C7H5NaO4S. The molecule has 4 nitrogen and oxygen atoms in total. The van der Waals surface area contributed by atoms with Gasteiger partial charge in [0.1, 0.15) is 5.75 Å². The summed E-state index contributed by atoms with van der Waals surface area (Å²) in [4.78, 5) is 20.6. The van der Waals surface area contributed by atoms with Crippen LogP contribution in [0, 0.1) is 0 Å². The molecule has 1 rings (SSSR count). The Hall–Kier alpha value is -0.360. The minimum atomic E-state index is -1.43. The van der Waals surface area contributed by atoms with E-state index < -0.39 is 18.4 Å². The molecule has 0 saturated carbocycles. The van der Waals surface area contributed by atoms with Crippen molar-refractivity contribution < 1.29 is 49.0 Å². The first kappa shape index (κ1) is 12.6. The molecule has 0 spiro atoms. The van der Waals surface area contributed by atoms with Crippen LogP contribution in [-0.4, -0.2) is 11.9 Å². The second-order valence-electron chi connectivity index (χ2n) is 1.98. The molecule has 1 aromatic rings. The van der Waals surface area contributed by atoms with E-state index in [2.05, 4.69) is 4.74 Å². The first-order valence-electron chi connectivity index (χ1n) is 3.11. The van der Waals surface area contributed by atoms with E-state index in [4.69, 9.17) is 0 Å². The average molecular weight is 208 g/mol. The van der Waals surface area contributed by atoms with Gasteiger partial charge in [0.25, 0.3) is 0 Å². The molecule has 0 bridgehead atoms. The van der Waals surface area contributed by atoms with Gasteiger partial charge in [0.2, 0.25) is 0 Å². The Morgan fingerprint density at radius 1 is 1.54 bits per heavy atom. The van der Waals surface area contributed by atoms with E-state index in [0.717, 1.165) is 0 Å². The van der Waals surface area contributed by atoms with Gasteiger partial charge in [0.05, 0.1) is 12.4 Å². The number of hydrogen-bond donors (Lipinski definition) is 0. The maximum absolute atomic E-state index is 10.7. The van der Waals surface area contributed by atoms with Crippen molar-refractivity contribution in [2.24, 2.45) is 0 Å². The van der Waals surface area contributed by atoms with Crippen LogP contribution in [0.3, 0.4) is 0 Å². The second-order valence-corrected chi connectivity index (χ2v) is 2.76. The summed E-state index contributed by atoms with van der Waals surface area (Å²) in [5, 5.41) is 13.3. The van der Waals surface area contributed by atoms with E-state index in [0.29, 0.717) is 5.75 Å². The van der Waals surface area contributed by atoms with Crippen LogP contribution in [-0.2, 0) is 9.59 Å². The van der Waals surface area contributed by atoms with Gasteiger partial charge in [-0.05, 0) is 11.4 Å². The molecule has 0 radical (unpaired) electrons. The van der Waals surface area contributed by atoms with Gasteiger partial charge in [-0.2, -0.15) is 0 Å². The fourth-order valence-corrected chi connectivity index (χ4v) is 1.15. The summed E-state index contributed by atoms with van der Waals surface area (Å²) in [5.41, 5.74) is 0. The van der Waals surface area contributed by atoms with Gasteiger partial charge < -0.3 is 14.6 Å². The summed E-state index contributed by atoms with van der Waals surface area (Å²) in [6.07, 6.45) is -0.712. The topological polar surface area (TPSA) is 66.4 Å². The molecule has 0 aliphatic carbocycles. The van der Waals surface area contributed by atoms with Gasteiger partial charge in [-0.1, -0.05) is 0 Å². The third kappa shape index (κ3) is 5.05. The first-order chi connectivity index (χ1) is 5.68. The Bertz CT molecular complexity index is 283. The van der Waals surface area contributed by atoms with Crippen molar-refractivity contribution in [3.8, 4) is 5.75 Å². The molecule has 0 atom stereocenters. The van der Waals surface area contributed by atoms with Gasteiger partial charge in [0.15, 0.2) is 0 Å². The molecule has 1 heterocycles. The number of thiophene rings is 1. The third-order valence-electron chi connectivity index (χ3n) is 1.02. The number of ether oxygens (including phenoxy) is 1. The smallest absolute Gasteiger partial charge is 0.550 e. The first-order valence-corrected chi connectivity index (χ1v) is 4.05. The Labute approximate surface area is 101 Å². The van der Waals surface area contributed by atoms with Crippen molar-refractivity contribution in [1.82, 2.24) is 0 Å². The van der Waals surface area contributed by atoms with Crippen LogP contribution in [0.25, 0.3) is 0 Å². The van der Waals surface area contributed by atoms with Gasteiger partial charge in [-0.15, -0.1) is 11.3 Å². The fraction of sp³-hybridized carbons (Fsp3) is 0.143. The van der Waals surface area contributed by atoms with E-state index in [1.807, 2.05) is 0 Å². The zero-order valence-corrected chi connectivity index (χ0v) is 9.80. The molecule has 0 aliphatic heterocycles. The number of carboxylic acid groups (broad SMARTS) is 1. The molecule has 0 N–H and O–H groups in total. The van der Waals surface area contributed by atoms with Crippen LogP contribution in [0.1, 0.15) is 6.42 Å². The Kier molecular flexibility index (Phi) is 5.98. The molecular weight excluding hydrogens is 203 g/mol. The summed E-state index contributed by atoms with van der Waals surface area (Å²) in [5.74, 6) is -1.88. The van der Waals surface area contributed by atoms with Crippen LogP contribution >= 0.6 is 11.3 Å².